The molecule has 0 heterocycles. The molecular weight excluding hydrogens is 466 g/mol. The quantitative estimate of drug-likeness (QED) is 0.434. The number of nitrogens with one attached hydrogen (secondary N) is 1. The van der Waals surface area contributed by atoms with Gasteiger partial charge in [0, 0.05) is 24.2 Å². The summed E-state index contributed by atoms with van der Waals surface area (Å²) in [6.07, 6.45) is 3.06. The van der Waals surface area contributed by atoms with Crippen LogP contribution in [0.1, 0.15) is 64.2 Å². The van der Waals surface area contributed by atoms with Crippen LogP contribution >= 0.6 is 11.6 Å². The molecule has 33 heavy (non-hydrogen) atoms. The molecule has 1 aromatic rings. The molecule has 2 saturated carbocycles. The first-order valence-electron chi connectivity index (χ1n) is 11.2. The number of fused-ring (bicyclic) bond motifs is 2. The van der Waals surface area contributed by atoms with Gasteiger partial charge in [-0.3, -0.25) is 4.79 Å². The zero-order valence-corrected chi connectivity index (χ0v) is 21.3. The first-order chi connectivity index (χ1) is 15.4. The van der Waals surface area contributed by atoms with Crippen LogP contribution in [0.3, 0.4) is 0 Å². The van der Waals surface area contributed by atoms with E-state index in [4.69, 9.17) is 16.3 Å². The Morgan fingerprint density at radius 2 is 1.91 bits per heavy atom. The molecule has 0 spiro atoms. The summed E-state index contributed by atoms with van der Waals surface area (Å²) in [5.41, 5.74) is 3.44. The summed E-state index contributed by atoms with van der Waals surface area (Å²) in [7, 11) is -3.77. The average Bonchev–Trinajstić information content (AvgIpc) is 3.10. The molecule has 0 aromatic heterocycles. The molecule has 2 atom stereocenters. The van der Waals surface area contributed by atoms with E-state index in [1.807, 2.05) is 0 Å². The van der Waals surface area contributed by atoms with Crippen molar-refractivity contribution < 1.29 is 22.7 Å². The number of carbonyl (C=O) groups excluding carboxylic acids is 2. The number of nitrogens with zero attached hydrogens (tertiary/aromatic N) is 2. The van der Waals surface area contributed by atoms with Gasteiger partial charge in [0.2, 0.25) is 10.0 Å². The van der Waals surface area contributed by atoms with Crippen LogP contribution in [0.2, 0.25) is 5.02 Å². The smallest absolute Gasteiger partial charge is 0.340 e. The topological polar surface area (TPSA) is 105 Å². The third-order valence-electron chi connectivity index (χ3n) is 7.66. The number of hydrazone groups is 1. The molecule has 8 nitrogen and oxygen atoms in total. The van der Waals surface area contributed by atoms with Crippen LogP contribution in [0.25, 0.3) is 0 Å². The number of hydrogen-bond acceptors (Lipinski definition) is 6. The Morgan fingerprint density at radius 1 is 1.24 bits per heavy atom. The van der Waals surface area contributed by atoms with E-state index in [1.165, 1.54) is 22.5 Å². The van der Waals surface area contributed by atoms with E-state index >= 15 is 0 Å². The Labute approximate surface area is 200 Å². The van der Waals surface area contributed by atoms with Gasteiger partial charge in [-0.25, -0.2) is 18.6 Å². The van der Waals surface area contributed by atoms with Crippen molar-refractivity contribution in [3.8, 4) is 0 Å². The molecule has 0 radical (unpaired) electrons. The van der Waals surface area contributed by atoms with Crippen LogP contribution < -0.4 is 5.43 Å². The van der Waals surface area contributed by atoms with Crippen molar-refractivity contribution in [1.82, 2.24) is 9.73 Å². The summed E-state index contributed by atoms with van der Waals surface area (Å²) in [5.74, 6) is -0.895. The summed E-state index contributed by atoms with van der Waals surface area (Å²) in [5, 5.41) is 4.38. The Hall–Kier alpha value is -1.97. The molecule has 3 rings (SSSR count). The molecule has 2 aliphatic carbocycles. The molecule has 10 heteroatoms. The Bertz CT molecular complexity index is 1080. The second-order valence-electron chi connectivity index (χ2n) is 9.39. The third kappa shape index (κ3) is 4.55. The summed E-state index contributed by atoms with van der Waals surface area (Å²) in [4.78, 5) is 24.7. The molecule has 1 aromatic carbocycles. The Morgan fingerprint density at radius 3 is 2.45 bits per heavy atom. The maximum absolute atomic E-state index is 12.7. The summed E-state index contributed by atoms with van der Waals surface area (Å²) in [6, 6.07) is 3.85. The van der Waals surface area contributed by atoms with Gasteiger partial charge in [0.15, 0.2) is 6.61 Å². The van der Waals surface area contributed by atoms with Gasteiger partial charge in [-0.2, -0.15) is 9.41 Å². The lowest BCUT2D eigenvalue weighted by Gasteiger charge is -2.34. The number of rotatable bonds is 8. The predicted molar refractivity (Wildman–Crippen MR) is 127 cm³/mol. The molecule has 2 unspecified atom stereocenters. The first-order valence-corrected chi connectivity index (χ1v) is 13.0. The minimum absolute atomic E-state index is 0.0382. The number of esters is 1. The maximum atomic E-state index is 12.7. The normalized spacial score (nSPS) is 24.9. The SMILES string of the molecule is CCN(CC)S(=O)(=O)c1ccc(Cl)c(C(=O)OCC(=O)NN=C2CC3CCC2(C)C3(C)C)c1. The molecule has 2 aliphatic rings. The van der Waals surface area contributed by atoms with Gasteiger partial charge >= 0.3 is 5.97 Å². The fourth-order valence-electron chi connectivity index (χ4n) is 5.00. The summed E-state index contributed by atoms with van der Waals surface area (Å²) in [6.45, 7) is 10.2. The molecular formula is C23H32ClN3O5S. The minimum Gasteiger partial charge on any atom is -0.452 e. The monoisotopic (exact) mass is 497 g/mol. The number of carbonyl (C=O) groups is 2. The van der Waals surface area contributed by atoms with Crippen molar-refractivity contribution in [3.63, 3.8) is 0 Å². The van der Waals surface area contributed by atoms with Gasteiger partial charge in [0.25, 0.3) is 5.91 Å². The van der Waals surface area contributed by atoms with Gasteiger partial charge in [0.05, 0.1) is 15.5 Å². The highest BCUT2D eigenvalue weighted by molar-refractivity contribution is 7.89. The highest BCUT2D eigenvalue weighted by Crippen LogP contribution is 2.63. The van der Waals surface area contributed by atoms with Crippen LogP contribution in [0.5, 0.6) is 0 Å². The Kier molecular flexibility index (Phi) is 7.27. The predicted octanol–water partition coefficient (Wildman–Crippen LogP) is 3.85. The highest BCUT2D eigenvalue weighted by Gasteiger charge is 2.60. The van der Waals surface area contributed by atoms with E-state index in [0.29, 0.717) is 19.0 Å². The second kappa shape index (κ2) is 9.35. The molecule has 2 fully saturated rings. The molecule has 1 amide bonds. The first kappa shape index (κ1) is 25.6. The van der Waals surface area contributed by atoms with Crippen molar-refractivity contribution in [2.24, 2.45) is 21.8 Å². The van der Waals surface area contributed by atoms with Crippen LogP contribution in [0.4, 0.5) is 0 Å². The standard InChI is InChI=1S/C23H32ClN3O5S/c1-6-27(7-2)33(30,31)16-8-9-18(24)17(13-16)21(29)32-14-20(28)26-25-19-12-15-10-11-23(19,5)22(15,3)4/h8-9,13,15H,6-7,10-12,14H2,1-5H3,(H,26,28). The van der Waals surface area contributed by atoms with E-state index in [2.05, 4.69) is 31.3 Å². The Balaban J connectivity index is 1.65. The van der Waals surface area contributed by atoms with Crippen molar-refractivity contribution in [2.75, 3.05) is 19.7 Å². The lowest BCUT2D eigenvalue weighted by molar-refractivity contribution is -0.124. The zero-order chi connectivity index (χ0) is 24.6. The fourth-order valence-corrected chi connectivity index (χ4v) is 6.68. The van der Waals surface area contributed by atoms with Gasteiger partial charge in [-0.1, -0.05) is 46.2 Å². The van der Waals surface area contributed by atoms with Crippen LogP contribution in [0, 0.1) is 16.7 Å². The third-order valence-corrected chi connectivity index (χ3v) is 10.0. The van der Waals surface area contributed by atoms with E-state index in [9.17, 15) is 18.0 Å². The highest BCUT2D eigenvalue weighted by atomic mass is 35.5. The van der Waals surface area contributed by atoms with Crippen molar-refractivity contribution in [2.45, 2.75) is 58.8 Å². The minimum atomic E-state index is -3.77. The molecule has 2 bridgehead atoms. The van der Waals surface area contributed by atoms with Crippen molar-refractivity contribution >= 4 is 39.2 Å². The number of hydrogen-bond donors (Lipinski definition) is 1. The van der Waals surface area contributed by atoms with Gasteiger partial charge in [-0.15, -0.1) is 0 Å². The van der Waals surface area contributed by atoms with Crippen molar-refractivity contribution in [3.05, 3.63) is 28.8 Å². The number of benzene rings is 1. The van der Waals surface area contributed by atoms with E-state index in [-0.39, 0.29) is 26.3 Å². The van der Waals surface area contributed by atoms with E-state index in [0.717, 1.165) is 25.0 Å². The largest absolute Gasteiger partial charge is 0.452 e. The van der Waals surface area contributed by atoms with Crippen LogP contribution in [0.15, 0.2) is 28.2 Å². The molecule has 0 aliphatic heterocycles. The second-order valence-corrected chi connectivity index (χ2v) is 11.7. The molecule has 182 valence electrons. The maximum Gasteiger partial charge on any atom is 0.340 e. The fraction of sp³-hybridized carbons (Fsp3) is 0.609. The van der Waals surface area contributed by atoms with E-state index in [1.54, 1.807) is 13.8 Å². The molecule has 0 saturated heterocycles. The number of halogens is 1. The van der Waals surface area contributed by atoms with Crippen LogP contribution in [-0.2, 0) is 19.6 Å². The van der Waals surface area contributed by atoms with Crippen LogP contribution in [-0.4, -0.2) is 50.0 Å². The molecule has 1 N–H and O–H groups in total. The number of ether oxygens (including phenoxy) is 1. The lowest BCUT2D eigenvalue weighted by atomic mass is 9.70. The van der Waals surface area contributed by atoms with Gasteiger partial charge in [-0.05, 0) is 48.8 Å². The average molecular weight is 498 g/mol. The van der Waals surface area contributed by atoms with Gasteiger partial charge < -0.3 is 4.74 Å². The van der Waals surface area contributed by atoms with Crippen molar-refractivity contribution in [1.29, 1.82) is 0 Å². The number of amides is 1. The van der Waals surface area contributed by atoms with Gasteiger partial charge in [0.1, 0.15) is 0 Å². The lowest BCUT2D eigenvalue weighted by Crippen LogP contribution is -2.35. The van der Waals surface area contributed by atoms with E-state index < -0.39 is 28.5 Å². The zero-order valence-electron chi connectivity index (χ0n) is 19.8. The number of sulfonamides is 1. The summed E-state index contributed by atoms with van der Waals surface area (Å²) < 4.78 is 31.8. The summed E-state index contributed by atoms with van der Waals surface area (Å²) >= 11 is 6.10.